The number of amides is 2. The normalized spacial score (nSPS) is 26.0. The average molecular weight is 416 g/mol. The smallest absolute Gasteiger partial charge is 0.238 e. The van der Waals surface area contributed by atoms with Crippen molar-refractivity contribution in [3.8, 4) is 0 Å². The number of hydrogen-bond acceptors (Lipinski definition) is 2. The second kappa shape index (κ2) is 7.73. The maximum absolute atomic E-state index is 13.7. The Hall–Kier alpha value is -2.91. The Morgan fingerprint density at radius 2 is 1.07 bits per heavy atom. The van der Waals surface area contributed by atoms with E-state index in [1.54, 1.807) is 24.3 Å². The molecule has 2 fully saturated rings. The van der Waals surface area contributed by atoms with E-state index in [1.165, 1.54) is 4.90 Å². The molecule has 4 heteroatoms. The van der Waals surface area contributed by atoms with Crippen molar-refractivity contribution in [3.63, 3.8) is 0 Å². The van der Waals surface area contributed by atoms with E-state index >= 15 is 0 Å². The zero-order valence-electron chi connectivity index (χ0n) is 16.4. The van der Waals surface area contributed by atoms with Gasteiger partial charge in [-0.3, -0.25) is 14.5 Å². The molecule has 0 bridgehead atoms. The summed E-state index contributed by atoms with van der Waals surface area (Å²) in [5, 5.41) is 0.583. The molecule has 0 unspecified atom stereocenters. The summed E-state index contributed by atoms with van der Waals surface area (Å²) in [6, 6.07) is 27.3. The van der Waals surface area contributed by atoms with Gasteiger partial charge in [0.15, 0.2) is 0 Å². The number of halogens is 1. The maximum Gasteiger partial charge on any atom is 0.238 e. The molecule has 0 radical (unpaired) electrons. The molecule has 2 aliphatic rings. The first-order valence-electron chi connectivity index (χ1n) is 10.4. The van der Waals surface area contributed by atoms with E-state index in [9.17, 15) is 9.59 Å². The molecule has 1 saturated heterocycles. The van der Waals surface area contributed by atoms with Gasteiger partial charge in [0, 0.05) is 5.02 Å². The van der Waals surface area contributed by atoms with Crippen molar-refractivity contribution in [2.24, 2.45) is 11.8 Å². The largest absolute Gasteiger partial charge is 0.274 e. The lowest BCUT2D eigenvalue weighted by atomic mass is 9.64. The highest BCUT2D eigenvalue weighted by Gasteiger charge is 2.56. The van der Waals surface area contributed by atoms with E-state index < -0.39 is 0 Å². The summed E-state index contributed by atoms with van der Waals surface area (Å²) in [5.41, 5.74) is 2.87. The molecule has 1 saturated carbocycles. The van der Waals surface area contributed by atoms with E-state index in [1.807, 2.05) is 36.4 Å². The standard InChI is InChI=1S/C26H22ClNO2/c27-19-11-13-20(14-12-19)28-25(29)23-21(17-7-3-1-4-8-17)15-16-22(24(23)26(28)30)18-9-5-2-6-10-18/h1-14,21-24H,15-16H2/t21-,22-,23-,24+/m0/s1. The zero-order valence-corrected chi connectivity index (χ0v) is 17.2. The van der Waals surface area contributed by atoms with Crippen LogP contribution >= 0.6 is 11.6 Å². The van der Waals surface area contributed by atoms with Gasteiger partial charge in [0.25, 0.3) is 0 Å². The van der Waals surface area contributed by atoms with Crippen LogP contribution in [-0.4, -0.2) is 11.8 Å². The van der Waals surface area contributed by atoms with Crippen LogP contribution in [0.25, 0.3) is 0 Å². The quantitative estimate of drug-likeness (QED) is 0.506. The second-order valence-corrected chi connectivity index (χ2v) is 8.59. The first-order chi connectivity index (χ1) is 14.6. The fourth-order valence-corrected chi connectivity index (χ4v) is 5.40. The van der Waals surface area contributed by atoms with Crippen molar-refractivity contribution < 1.29 is 9.59 Å². The third kappa shape index (κ3) is 3.14. The van der Waals surface area contributed by atoms with E-state index in [0.717, 1.165) is 24.0 Å². The van der Waals surface area contributed by atoms with Gasteiger partial charge in [0.2, 0.25) is 11.8 Å². The van der Waals surface area contributed by atoms with Crippen LogP contribution in [0.15, 0.2) is 84.9 Å². The van der Waals surface area contributed by atoms with Gasteiger partial charge in [-0.2, -0.15) is 0 Å². The summed E-state index contributed by atoms with van der Waals surface area (Å²) in [6.07, 6.45) is 1.77. The predicted molar refractivity (Wildman–Crippen MR) is 119 cm³/mol. The third-order valence-corrected chi connectivity index (χ3v) is 6.85. The number of anilines is 1. The first-order valence-corrected chi connectivity index (χ1v) is 10.8. The maximum atomic E-state index is 13.7. The molecular weight excluding hydrogens is 394 g/mol. The van der Waals surface area contributed by atoms with Gasteiger partial charge in [0.1, 0.15) is 0 Å². The molecule has 3 aromatic carbocycles. The molecule has 1 aliphatic carbocycles. The second-order valence-electron chi connectivity index (χ2n) is 8.15. The van der Waals surface area contributed by atoms with Crippen LogP contribution in [0, 0.1) is 11.8 Å². The minimum atomic E-state index is -0.352. The Morgan fingerprint density at radius 3 is 1.50 bits per heavy atom. The van der Waals surface area contributed by atoms with Crippen LogP contribution in [0.5, 0.6) is 0 Å². The fraction of sp³-hybridized carbons (Fsp3) is 0.231. The molecule has 150 valence electrons. The molecular formula is C26H22ClNO2. The Labute approximate surface area is 181 Å². The lowest BCUT2D eigenvalue weighted by Gasteiger charge is -2.37. The molecule has 0 N–H and O–H groups in total. The monoisotopic (exact) mass is 415 g/mol. The van der Waals surface area contributed by atoms with E-state index in [0.29, 0.717) is 10.7 Å². The molecule has 0 spiro atoms. The minimum absolute atomic E-state index is 0.0462. The third-order valence-electron chi connectivity index (χ3n) is 6.59. The zero-order chi connectivity index (χ0) is 20.7. The summed E-state index contributed by atoms with van der Waals surface area (Å²) in [5.74, 6) is -0.803. The van der Waals surface area contributed by atoms with Crippen molar-refractivity contribution in [1.29, 1.82) is 0 Å². The van der Waals surface area contributed by atoms with E-state index in [-0.39, 0.29) is 35.5 Å². The lowest BCUT2D eigenvalue weighted by molar-refractivity contribution is -0.122. The summed E-state index contributed by atoms with van der Waals surface area (Å²) < 4.78 is 0. The topological polar surface area (TPSA) is 37.4 Å². The summed E-state index contributed by atoms with van der Waals surface area (Å²) in [7, 11) is 0. The predicted octanol–water partition coefficient (Wildman–Crippen LogP) is 5.81. The van der Waals surface area contributed by atoms with Crippen LogP contribution < -0.4 is 4.90 Å². The Morgan fingerprint density at radius 1 is 0.633 bits per heavy atom. The fourth-order valence-electron chi connectivity index (χ4n) is 5.27. The molecule has 1 aliphatic heterocycles. The molecule has 3 aromatic rings. The number of carbonyl (C=O) groups excluding carboxylic acids is 2. The highest BCUT2D eigenvalue weighted by atomic mass is 35.5. The van der Waals surface area contributed by atoms with Crippen molar-refractivity contribution in [3.05, 3.63) is 101 Å². The van der Waals surface area contributed by atoms with Gasteiger partial charge in [-0.1, -0.05) is 72.3 Å². The van der Waals surface area contributed by atoms with Crippen molar-refractivity contribution in [2.75, 3.05) is 4.90 Å². The van der Waals surface area contributed by atoms with Crippen molar-refractivity contribution in [2.45, 2.75) is 24.7 Å². The van der Waals surface area contributed by atoms with Crippen LogP contribution in [0.3, 0.4) is 0 Å². The highest BCUT2D eigenvalue weighted by molar-refractivity contribution is 6.30. The number of carbonyl (C=O) groups is 2. The van der Waals surface area contributed by atoms with Crippen LogP contribution in [0.4, 0.5) is 5.69 Å². The van der Waals surface area contributed by atoms with Gasteiger partial charge >= 0.3 is 0 Å². The molecule has 1 heterocycles. The van der Waals surface area contributed by atoms with Crippen molar-refractivity contribution >= 4 is 29.1 Å². The summed E-state index contributed by atoms with van der Waals surface area (Å²) >= 11 is 6.03. The van der Waals surface area contributed by atoms with Gasteiger partial charge in [0.05, 0.1) is 17.5 Å². The minimum Gasteiger partial charge on any atom is -0.274 e. The molecule has 30 heavy (non-hydrogen) atoms. The Balaban J connectivity index is 1.60. The molecule has 3 nitrogen and oxygen atoms in total. The average Bonchev–Trinajstić information content (AvgIpc) is 3.06. The van der Waals surface area contributed by atoms with E-state index in [2.05, 4.69) is 24.3 Å². The number of rotatable bonds is 3. The SMILES string of the molecule is O=C1[C@@H]2[C@H](C(=O)N1c1ccc(Cl)cc1)[C@H](c1ccccc1)CC[C@H]2c1ccccc1. The number of imide groups is 1. The van der Waals surface area contributed by atoms with Gasteiger partial charge in [-0.15, -0.1) is 0 Å². The number of fused-ring (bicyclic) bond motifs is 1. The molecule has 4 atom stereocenters. The lowest BCUT2D eigenvalue weighted by Crippen LogP contribution is -2.34. The number of nitrogens with zero attached hydrogens (tertiary/aromatic N) is 1. The molecule has 5 rings (SSSR count). The van der Waals surface area contributed by atoms with Crippen LogP contribution in [0.1, 0.15) is 35.8 Å². The van der Waals surface area contributed by atoms with E-state index in [4.69, 9.17) is 11.6 Å². The first kappa shape index (κ1) is 19.1. The molecule has 2 amide bonds. The van der Waals surface area contributed by atoms with Crippen molar-refractivity contribution in [1.82, 2.24) is 0 Å². The van der Waals surface area contributed by atoms with Crippen LogP contribution in [0.2, 0.25) is 5.02 Å². The highest BCUT2D eigenvalue weighted by Crippen LogP contribution is 2.53. The van der Waals surface area contributed by atoms with Gasteiger partial charge in [-0.05, 0) is 60.1 Å². The Kier molecular flexibility index (Phi) is 4.92. The summed E-state index contributed by atoms with van der Waals surface area (Å²) in [4.78, 5) is 28.7. The Bertz CT molecular complexity index is 1000. The van der Waals surface area contributed by atoms with Gasteiger partial charge in [-0.25, -0.2) is 0 Å². The van der Waals surface area contributed by atoms with Gasteiger partial charge < -0.3 is 0 Å². The summed E-state index contributed by atoms with van der Waals surface area (Å²) in [6.45, 7) is 0. The van der Waals surface area contributed by atoms with Crippen LogP contribution in [-0.2, 0) is 9.59 Å². The number of benzene rings is 3. The molecule has 0 aromatic heterocycles. The number of hydrogen-bond donors (Lipinski definition) is 0.